The Morgan fingerprint density at radius 3 is 2.58 bits per heavy atom. The fraction of sp³-hybridized carbons (Fsp3) is 0.208. The summed E-state index contributed by atoms with van der Waals surface area (Å²) in [6.45, 7) is 5.67. The van der Waals surface area contributed by atoms with E-state index in [4.69, 9.17) is 15.2 Å². The smallest absolute Gasteiger partial charge is 0.341 e. The van der Waals surface area contributed by atoms with Crippen LogP contribution in [-0.4, -0.2) is 55.7 Å². The Bertz CT molecular complexity index is 1530. The van der Waals surface area contributed by atoms with Gasteiger partial charge in [0.2, 0.25) is 0 Å². The van der Waals surface area contributed by atoms with Crippen molar-refractivity contribution in [2.24, 2.45) is 10.7 Å². The molecule has 0 saturated heterocycles. The minimum absolute atomic E-state index is 0.000714. The summed E-state index contributed by atoms with van der Waals surface area (Å²) in [7, 11) is -3.02. The number of fused-ring (bicyclic) bond motifs is 1. The van der Waals surface area contributed by atoms with Gasteiger partial charge in [-0.05, 0) is 48.7 Å². The van der Waals surface area contributed by atoms with Gasteiger partial charge < -0.3 is 20.3 Å². The van der Waals surface area contributed by atoms with Crippen molar-refractivity contribution < 1.29 is 32.3 Å². The van der Waals surface area contributed by atoms with Gasteiger partial charge in [-0.2, -0.15) is 8.42 Å². The monoisotopic (exact) mass is 515 g/mol. The second-order valence-electron chi connectivity index (χ2n) is 7.70. The third-order valence-corrected chi connectivity index (χ3v) is 6.20. The number of nitrogens with zero attached hydrogens (tertiary/aromatic N) is 2. The van der Waals surface area contributed by atoms with Crippen molar-refractivity contribution >= 4 is 45.3 Å². The van der Waals surface area contributed by atoms with Crippen LogP contribution in [0.15, 0.2) is 62.9 Å². The van der Waals surface area contributed by atoms with Crippen LogP contribution in [0.4, 0.5) is 5.69 Å². The molecule has 36 heavy (non-hydrogen) atoms. The zero-order valence-corrected chi connectivity index (χ0v) is 20.4. The van der Waals surface area contributed by atoms with Gasteiger partial charge in [-0.15, -0.1) is 0 Å². The van der Waals surface area contributed by atoms with Gasteiger partial charge in [-0.1, -0.05) is 24.3 Å². The third-order valence-electron chi connectivity index (χ3n) is 5.35. The molecule has 0 aliphatic heterocycles. The number of carbonyl (C=O) groups is 1. The molecule has 3 rings (SSSR count). The van der Waals surface area contributed by atoms with Gasteiger partial charge in [0.1, 0.15) is 6.61 Å². The lowest BCUT2D eigenvalue weighted by molar-refractivity contribution is -0.140. The van der Waals surface area contributed by atoms with E-state index in [1.165, 1.54) is 37.5 Å². The predicted octanol–water partition coefficient (Wildman–Crippen LogP) is 2.81. The minimum atomic E-state index is -4.53. The van der Waals surface area contributed by atoms with Gasteiger partial charge in [0.15, 0.2) is 6.17 Å². The number of nitrogens with two attached hydrogens (primary N) is 1. The molecule has 12 heteroatoms. The fourth-order valence-electron chi connectivity index (χ4n) is 3.65. The van der Waals surface area contributed by atoms with Crippen LogP contribution in [0.5, 0.6) is 0 Å². The Labute approximate surface area is 206 Å². The molecule has 190 valence electrons. The van der Waals surface area contributed by atoms with Gasteiger partial charge in [0.25, 0.3) is 15.7 Å². The highest BCUT2D eigenvalue weighted by Crippen LogP contribution is 2.34. The molecule has 0 aliphatic rings. The van der Waals surface area contributed by atoms with Crippen molar-refractivity contribution in [1.29, 1.82) is 0 Å². The van der Waals surface area contributed by atoms with E-state index in [1.807, 2.05) is 0 Å². The van der Waals surface area contributed by atoms with Crippen LogP contribution in [-0.2, 0) is 24.4 Å². The summed E-state index contributed by atoms with van der Waals surface area (Å²) >= 11 is 0. The molecule has 1 atom stereocenters. The highest BCUT2D eigenvalue weighted by molar-refractivity contribution is 7.85. The first-order valence-corrected chi connectivity index (χ1v) is 12.0. The highest BCUT2D eigenvalue weighted by Gasteiger charge is 2.24. The molecule has 11 nitrogen and oxygen atoms in total. The van der Waals surface area contributed by atoms with Crippen molar-refractivity contribution in [3.8, 4) is 11.3 Å². The van der Waals surface area contributed by atoms with Crippen molar-refractivity contribution in [1.82, 2.24) is 4.57 Å². The first-order chi connectivity index (χ1) is 17.0. The Morgan fingerprint density at radius 1 is 1.25 bits per heavy atom. The number of methoxy groups -OCH3 is 1. The molecule has 0 radical (unpaired) electrons. The Kier molecular flexibility index (Phi) is 8.05. The average molecular weight is 516 g/mol. The molecule has 1 aromatic heterocycles. The molecular weight excluding hydrogens is 490 g/mol. The molecule has 2 aromatic carbocycles. The molecule has 0 unspecified atom stereocenters. The van der Waals surface area contributed by atoms with E-state index < -0.39 is 27.8 Å². The molecule has 0 spiro atoms. The lowest BCUT2D eigenvalue weighted by atomic mass is 10.00. The summed E-state index contributed by atoms with van der Waals surface area (Å²) in [4.78, 5) is 29.0. The molecular formula is C24H25N3O8S. The summed E-state index contributed by atoms with van der Waals surface area (Å²) in [5.41, 5.74) is 5.62. The topological polar surface area (TPSA) is 171 Å². The van der Waals surface area contributed by atoms with E-state index in [1.54, 1.807) is 25.1 Å². The maximum atomic E-state index is 13.6. The summed E-state index contributed by atoms with van der Waals surface area (Å²) < 4.78 is 44.3. The number of allylic oxidation sites excluding steroid dienone is 1. The second-order valence-corrected chi connectivity index (χ2v) is 9.13. The summed E-state index contributed by atoms with van der Waals surface area (Å²) in [6.07, 6.45) is -0.385. The van der Waals surface area contributed by atoms with Crippen molar-refractivity contribution in [2.45, 2.75) is 18.0 Å². The molecule has 0 fully saturated rings. The van der Waals surface area contributed by atoms with Crippen LogP contribution in [0.25, 0.3) is 28.1 Å². The Balaban J connectivity index is 2.38. The van der Waals surface area contributed by atoms with Crippen molar-refractivity contribution in [2.75, 3.05) is 20.3 Å². The Morgan fingerprint density at radius 2 is 1.97 bits per heavy atom. The first kappa shape index (κ1) is 26.8. The number of ether oxygens (including phenoxy) is 2. The maximum Gasteiger partial charge on any atom is 0.341 e. The Hall–Kier alpha value is -3.84. The first-order valence-electron chi connectivity index (χ1n) is 10.5. The number of aliphatic carboxylic acids is 1. The van der Waals surface area contributed by atoms with Crippen LogP contribution >= 0.6 is 0 Å². The molecule has 4 N–H and O–H groups in total. The predicted molar refractivity (Wildman–Crippen MR) is 135 cm³/mol. The van der Waals surface area contributed by atoms with Crippen LogP contribution in [0, 0.1) is 0 Å². The molecule has 0 saturated carbocycles. The number of pyridine rings is 1. The number of rotatable bonds is 10. The quantitative estimate of drug-likeness (QED) is 0.159. The van der Waals surface area contributed by atoms with Crippen LogP contribution < -0.4 is 11.3 Å². The number of aromatic nitrogens is 1. The standard InChI is InChI=1S/C24H25N3O8S/c1-14(35-10-9-34-3)11-19-20(26-2)13-21(27(23(19)28)22(25)24(29)30)17-6-4-5-15-7-8-16(12-18(15)17)36(31,32)33/h4-8,11-13,22H,2,9-10,25H2,1,3H3,(H,29,30)(H,31,32,33)/b14-11+/t22-/m0/s1. The second kappa shape index (κ2) is 10.8. The summed E-state index contributed by atoms with van der Waals surface area (Å²) in [6, 6.07) is 10.3. The average Bonchev–Trinajstić information content (AvgIpc) is 2.83. The van der Waals surface area contributed by atoms with Gasteiger partial charge in [0.05, 0.1) is 34.2 Å². The minimum Gasteiger partial charge on any atom is -0.496 e. The number of aliphatic imine (C=N–C) groups is 1. The fourth-order valence-corrected chi connectivity index (χ4v) is 4.16. The molecule has 0 amide bonds. The largest absolute Gasteiger partial charge is 0.496 e. The molecule has 0 aliphatic carbocycles. The highest BCUT2D eigenvalue weighted by atomic mass is 32.2. The van der Waals surface area contributed by atoms with Crippen LogP contribution in [0.3, 0.4) is 0 Å². The van der Waals surface area contributed by atoms with Gasteiger partial charge in [0, 0.05) is 12.7 Å². The zero-order chi connectivity index (χ0) is 26.6. The summed E-state index contributed by atoms with van der Waals surface area (Å²) in [5.74, 6) is -1.13. The van der Waals surface area contributed by atoms with E-state index in [0.29, 0.717) is 28.7 Å². The van der Waals surface area contributed by atoms with Crippen molar-refractivity contribution in [3.05, 3.63) is 64.1 Å². The molecule has 0 bridgehead atoms. The van der Waals surface area contributed by atoms with Crippen LogP contribution in [0.2, 0.25) is 0 Å². The van der Waals surface area contributed by atoms with Gasteiger partial charge >= 0.3 is 5.97 Å². The zero-order valence-electron chi connectivity index (χ0n) is 19.5. The van der Waals surface area contributed by atoms with E-state index in [2.05, 4.69) is 11.7 Å². The van der Waals surface area contributed by atoms with E-state index in [-0.39, 0.29) is 28.4 Å². The lowest BCUT2D eigenvalue weighted by Crippen LogP contribution is -2.37. The van der Waals surface area contributed by atoms with E-state index >= 15 is 0 Å². The van der Waals surface area contributed by atoms with E-state index in [9.17, 15) is 27.7 Å². The lowest BCUT2D eigenvalue weighted by Gasteiger charge is -2.20. The number of hydrogen-bond acceptors (Lipinski definition) is 8. The van der Waals surface area contributed by atoms with Gasteiger partial charge in [-0.25, -0.2) is 4.79 Å². The number of hydrogen-bond donors (Lipinski definition) is 3. The number of carboxylic acid groups (broad SMARTS) is 1. The third kappa shape index (κ3) is 5.52. The summed E-state index contributed by atoms with van der Waals surface area (Å²) in [5, 5.41) is 10.6. The van der Waals surface area contributed by atoms with Crippen LogP contribution in [0.1, 0.15) is 18.7 Å². The van der Waals surface area contributed by atoms with Gasteiger partial charge in [-0.3, -0.25) is 18.9 Å². The number of carboxylic acids is 1. The SMILES string of the molecule is C=Nc1cc(-c2cccc3ccc(S(=O)(=O)O)cc23)n([C@H](N)C(=O)O)c(=O)c1/C=C(\C)OCCOC. The van der Waals surface area contributed by atoms with E-state index in [0.717, 1.165) is 4.57 Å². The molecule has 1 heterocycles. The number of benzene rings is 2. The van der Waals surface area contributed by atoms with Crippen molar-refractivity contribution in [3.63, 3.8) is 0 Å². The molecule has 3 aromatic rings. The maximum absolute atomic E-state index is 13.6. The normalized spacial score (nSPS) is 12.9.